The summed E-state index contributed by atoms with van der Waals surface area (Å²) in [5.74, 6) is -1.47. The van der Waals surface area contributed by atoms with Crippen LogP contribution in [-0.2, 0) is 35.0 Å². The first-order chi connectivity index (χ1) is 16.9. The van der Waals surface area contributed by atoms with E-state index in [9.17, 15) is 14.4 Å². The lowest BCUT2D eigenvalue weighted by Gasteiger charge is -2.33. The minimum absolute atomic E-state index is 0.121. The van der Waals surface area contributed by atoms with Gasteiger partial charge in [-0.05, 0) is 38.8 Å². The zero-order chi connectivity index (χ0) is 26.6. The van der Waals surface area contributed by atoms with Gasteiger partial charge in [-0.15, -0.1) is 0 Å². The van der Waals surface area contributed by atoms with Crippen molar-refractivity contribution in [2.24, 2.45) is 10.2 Å². The number of ether oxygens (including phenoxy) is 4. The lowest BCUT2D eigenvalue weighted by atomic mass is 9.76. The fourth-order valence-electron chi connectivity index (χ4n) is 4.20. The molecule has 2 aromatic rings. The van der Waals surface area contributed by atoms with Gasteiger partial charge in [-0.25, -0.2) is 14.4 Å². The van der Waals surface area contributed by atoms with Crippen LogP contribution in [0.2, 0.25) is 0 Å². The molecule has 0 fully saturated rings. The standard InChI is InChI=1S/C27H32N2O7/c1-18-12-14-20(15-13-18)21(35-24(32)36-25(2,3)4)27(23(31)34-6)17-26(28-29-27,22(30)33-5)16-19-10-8-7-9-11-19/h7-15,21H,16-17H2,1-6H3/t21-,26+,27+/m0/s1. The molecule has 0 saturated carbocycles. The van der Waals surface area contributed by atoms with Crippen LogP contribution < -0.4 is 0 Å². The molecule has 0 unspecified atom stereocenters. The predicted molar refractivity (Wildman–Crippen MR) is 130 cm³/mol. The van der Waals surface area contributed by atoms with E-state index in [-0.39, 0.29) is 12.8 Å². The van der Waals surface area contributed by atoms with Gasteiger partial charge < -0.3 is 18.9 Å². The number of azo groups is 1. The number of esters is 2. The molecule has 0 radical (unpaired) electrons. The SMILES string of the molecule is COC(=O)[C@@]1(Cc2ccccc2)C[C@](C(=O)OC)([C@@H](OC(=O)OC(C)(C)C)c2ccc(C)cc2)N=N1. The number of methoxy groups -OCH3 is 2. The first-order valence-corrected chi connectivity index (χ1v) is 11.6. The third-order valence-corrected chi connectivity index (χ3v) is 5.84. The van der Waals surface area contributed by atoms with Gasteiger partial charge >= 0.3 is 18.1 Å². The molecule has 3 rings (SSSR count). The highest BCUT2D eigenvalue weighted by Crippen LogP contribution is 2.48. The van der Waals surface area contributed by atoms with E-state index in [0.717, 1.165) is 11.1 Å². The lowest BCUT2D eigenvalue weighted by Crippen LogP contribution is -2.50. The molecule has 0 aromatic heterocycles. The zero-order valence-corrected chi connectivity index (χ0v) is 21.4. The van der Waals surface area contributed by atoms with Gasteiger partial charge in [-0.3, -0.25) is 0 Å². The maximum Gasteiger partial charge on any atom is 0.509 e. The molecule has 0 spiro atoms. The van der Waals surface area contributed by atoms with Crippen molar-refractivity contribution in [1.82, 2.24) is 0 Å². The van der Waals surface area contributed by atoms with Crippen LogP contribution in [0.5, 0.6) is 0 Å². The number of rotatable bonds is 7. The number of benzene rings is 2. The van der Waals surface area contributed by atoms with Crippen molar-refractivity contribution in [3.8, 4) is 0 Å². The minimum atomic E-state index is -1.86. The highest BCUT2D eigenvalue weighted by atomic mass is 16.7. The largest absolute Gasteiger partial charge is 0.509 e. The first kappa shape index (κ1) is 26.8. The van der Waals surface area contributed by atoms with Crippen LogP contribution in [0.15, 0.2) is 64.8 Å². The molecule has 0 aliphatic carbocycles. The Morgan fingerprint density at radius 2 is 1.53 bits per heavy atom. The maximum absolute atomic E-state index is 13.4. The van der Waals surface area contributed by atoms with Crippen molar-refractivity contribution in [3.05, 3.63) is 71.3 Å². The van der Waals surface area contributed by atoms with E-state index < -0.39 is 40.9 Å². The second-order valence-corrected chi connectivity index (χ2v) is 9.85. The molecule has 9 nitrogen and oxygen atoms in total. The van der Waals surface area contributed by atoms with Gasteiger partial charge in [-0.2, -0.15) is 10.2 Å². The summed E-state index contributed by atoms with van der Waals surface area (Å²) in [5, 5.41) is 8.64. The summed E-state index contributed by atoms with van der Waals surface area (Å²) in [6, 6.07) is 16.3. The van der Waals surface area contributed by atoms with E-state index in [0.29, 0.717) is 5.56 Å². The smallest absolute Gasteiger partial charge is 0.467 e. The molecule has 1 aliphatic heterocycles. The van der Waals surface area contributed by atoms with E-state index in [1.807, 2.05) is 49.4 Å². The molecule has 36 heavy (non-hydrogen) atoms. The molecule has 0 N–H and O–H groups in total. The third-order valence-electron chi connectivity index (χ3n) is 5.84. The van der Waals surface area contributed by atoms with Gasteiger partial charge in [0.2, 0.25) is 5.54 Å². The molecule has 0 bridgehead atoms. The number of aryl methyl sites for hydroxylation is 1. The number of hydrogen-bond donors (Lipinski definition) is 0. The van der Waals surface area contributed by atoms with Gasteiger partial charge in [-0.1, -0.05) is 60.2 Å². The Balaban J connectivity index is 2.12. The predicted octanol–water partition coefficient (Wildman–Crippen LogP) is 4.91. The Bertz CT molecular complexity index is 1130. The Morgan fingerprint density at radius 1 is 0.917 bits per heavy atom. The molecule has 192 valence electrons. The van der Waals surface area contributed by atoms with Gasteiger partial charge in [0.15, 0.2) is 11.6 Å². The Labute approximate surface area is 210 Å². The summed E-state index contributed by atoms with van der Waals surface area (Å²) >= 11 is 0. The van der Waals surface area contributed by atoms with Crippen molar-refractivity contribution >= 4 is 18.1 Å². The van der Waals surface area contributed by atoms with Crippen LogP contribution in [0.25, 0.3) is 0 Å². The molecule has 3 atom stereocenters. The summed E-state index contributed by atoms with van der Waals surface area (Å²) in [6.45, 7) is 6.99. The average Bonchev–Trinajstić information content (AvgIpc) is 3.23. The van der Waals surface area contributed by atoms with Crippen LogP contribution in [-0.4, -0.2) is 49.0 Å². The molecular formula is C27H32N2O7. The van der Waals surface area contributed by atoms with Crippen molar-refractivity contribution < 1.29 is 33.3 Å². The number of carbonyl (C=O) groups is 3. The number of hydrogen-bond acceptors (Lipinski definition) is 9. The minimum Gasteiger partial charge on any atom is -0.467 e. The van der Waals surface area contributed by atoms with Crippen LogP contribution >= 0.6 is 0 Å². The molecule has 1 aliphatic rings. The Hall–Kier alpha value is -3.75. The fourth-order valence-corrected chi connectivity index (χ4v) is 4.20. The Morgan fingerprint density at radius 3 is 2.08 bits per heavy atom. The Kier molecular flexibility index (Phi) is 7.81. The first-order valence-electron chi connectivity index (χ1n) is 11.6. The van der Waals surface area contributed by atoms with Gasteiger partial charge in [0.05, 0.1) is 14.2 Å². The second-order valence-electron chi connectivity index (χ2n) is 9.85. The van der Waals surface area contributed by atoms with Crippen molar-refractivity contribution in [3.63, 3.8) is 0 Å². The summed E-state index contributed by atoms with van der Waals surface area (Å²) in [5.41, 5.74) is -2.01. The maximum atomic E-state index is 13.4. The van der Waals surface area contributed by atoms with Gasteiger partial charge in [0.25, 0.3) is 0 Å². The molecule has 9 heteroatoms. The average molecular weight is 497 g/mol. The van der Waals surface area contributed by atoms with Crippen molar-refractivity contribution in [1.29, 1.82) is 0 Å². The quantitative estimate of drug-likeness (QED) is 0.395. The monoisotopic (exact) mass is 496 g/mol. The summed E-state index contributed by atoms with van der Waals surface area (Å²) in [4.78, 5) is 39.3. The van der Waals surface area contributed by atoms with Crippen LogP contribution in [0, 0.1) is 6.92 Å². The van der Waals surface area contributed by atoms with Crippen LogP contribution in [0.4, 0.5) is 4.79 Å². The summed E-state index contributed by atoms with van der Waals surface area (Å²) < 4.78 is 21.3. The second kappa shape index (κ2) is 10.5. The van der Waals surface area contributed by atoms with Gasteiger partial charge in [0, 0.05) is 12.8 Å². The zero-order valence-electron chi connectivity index (χ0n) is 21.4. The van der Waals surface area contributed by atoms with E-state index in [1.54, 1.807) is 32.9 Å². The molecular weight excluding hydrogens is 464 g/mol. The van der Waals surface area contributed by atoms with Crippen molar-refractivity contribution in [2.45, 2.75) is 63.3 Å². The van der Waals surface area contributed by atoms with Crippen LogP contribution in [0.3, 0.4) is 0 Å². The van der Waals surface area contributed by atoms with Gasteiger partial charge in [0.1, 0.15) is 5.60 Å². The topological polar surface area (TPSA) is 113 Å². The number of carbonyl (C=O) groups excluding carboxylic acids is 3. The highest BCUT2D eigenvalue weighted by Gasteiger charge is 2.62. The molecule has 2 aromatic carbocycles. The van der Waals surface area contributed by atoms with E-state index >= 15 is 0 Å². The lowest BCUT2D eigenvalue weighted by molar-refractivity contribution is -0.155. The normalized spacial score (nSPS) is 21.9. The van der Waals surface area contributed by atoms with E-state index in [1.165, 1.54) is 14.2 Å². The molecule has 0 saturated heterocycles. The van der Waals surface area contributed by atoms with Crippen LogP contribution in [0.1, 0.15) is 50.0 Å². The van der Waals surface area contributed by atoms with Crippen molar-refractivity contribution in [2.75, 3.05) is 14.2 Å². The highest BCUT2D eigenvalue weighted by molar-refractivity contribution is 5.88. The third kappa shape index (κ3) is 5.72. The summed E-state index contributed by atoms with van der Waals surface area (Å²) in [7, 11) is 2.45. The van der Waals surface area contributed by atoms with E-state index in [2.05, 4.69) is 10.2 Å². The fraction of sp³-hybridized carbons (Fsp3) is 0.444. The number of nitrogens with zero attached hydrogens (tertiary/aromatic N) is 2. The molecule has 1 heterocycles. The van der Waals surface area contributed by atoms with E-state index in [4.69, 9.17) is 18.9 Å². The molecule has 0 amide bonds. The summed E-state index contributed by atoms with van der Waals surface area (Å²) in [6.07, 6.45) is -2.40.